The molecule has 0 aliphatic rings. The molecular weight excluding hydrogens is 309 g/mol. The van der Waals surface area contributed by atoms with E-state index < -0.39 is 15.8 Å². The fraction of sp³-hybridized carbons (Fsp3) is 0.357. The zero-order chi connectivity index (χ0) is 16.5. The molecule has 0 unspecified atom stereocenters. The Morgan fingerprint density at radius 1 is 1.36 bits per heavy atom. The Morgan fingerprint density at radius 3 is 2.59 bits per heavy atom. The molecule has 0 radical (unpaired) electrons. The molecule has 6 nitrogen and oxygen atoms in total. The molecule has 0 saturated heterocycles. The number of hydrogen-bond donors (Lipinski definition) is 1. The van der Waals surface area contributed by atoms with Crippen LogP contribution in [0.5, 0.6) is 5.75 Å². The Balaban J connectivity index is 2.42. The van der Waals surface area contributed by atoms with E-state index in [4.69, 9.17) is 4.74 Å². The van der Waals surface area contributed by atoms with Crippen LogP contribution in [0, 0.1) is 19.7 Å². The molecule has 1 aromatic heterocycles. The molecule has 0 spiro atoms. The highest BCUT2D eigenvalue weighted by Crippen LogP contribution is 2.26. The topological polar surface area (TPSA) is 73.2 Å². The third-order valence-corrected chi connectivity index (χ3v) is 4.70. The summed E-state index contributed by atoms with van der Waals surface area (Å²) in [5.74, 6) is -0.742. The van der Waals surface area contributed by atoms with E-state index in [1.165, 1.54) is 13.2 Å². The van der Waals surface area contributed by atoms with Crippen LogP contribution < -0.4 is 9.46 Å². The van der Waals surface area contributed by atoms with Crippen molar-refractivity contribution in [3.05, 3.63) is 35.4 Å². The zero-order valence-electron chi connectivity index (χ0n) is 12.8. The number of halogens is 1. The number of aryl methyl sites for hydroxylation is 2. The van der Waals surface area contributed by atoms with E-state index in [9.17, 15) is 12.8 Å². The third kappa shape index (κ3) is 2.92. The lowest BCUT2D eigenvalue weighted by atomic mass is 10.3. The third-order valence-electron chi connectivity index (χ3n) is 3.35. The summed E-state index contributed by atoms with van der Waals surface area (Å²) in [5.41, 5.74) is 1.74. The van der Waals surface area contributed by atoms with E-state index >= 15 is 0 Å². The van der Waals surface area contributed by atoms with Crippen molar-refractivity contribution in [3.8, 4) is 5.75 Å². The predicted molar refractivity (Wildman–Crippen MR) is 81.1 cm³/mol. The molecule has 1 N–H and O–H groups in total. The minimum Gasteiger partial charge on any atom is -0.494 e. The summed E-state index contributed by atoms with van der Waals surface area (Å²) < 4.78 is 47.4. The molecule has 8 heteroatoms. The van der Waals surface area contributed by atoms with Gasteiger partial charge < -0.3 is 4.74 Å². The fourth-order valence-electron chi connectivity index (χ4n) is 2.15. The van der Waals surface area contributed by atoms with Crippen molar-refractivity contribution >= 4 is 15.7 Å². The number of nitrogens with one attached hydrogen (secondary N) is 1. The summed E-state index contributed by atoms with van der Waals surface area (Å²) in [4.78, 5) is -0.0752. The first-order chi connectivity index (χ1) is 10.3. The summed E-state index contributed by atoms with van der Waals surface area (Å²) in [5, 5.41) is 4.26. The number of nitrogens with zero attached hydrogens (tertiary/aromatic N) is 2. The summed E-state index contributed by atoms with van der Waals surface area (Å²) in [6.45, 7) is 6.07. The van der Waals surface area contributed by atoms with Gasteiger partial charge in [-0.25, -0.2) is 12.8 Å². The number of anilines is 1. The minimum atomic E-state index is -3.85. The summed E-state index contributed by atoms with van der Waals surface area (Å²) in [6, 6.07) is 3.39. The van der Waals surface area contributed by atoms with Crippen LogP contribution in [0.25, 0.3) is 0 Å². The van der Waals surface area contributed by atoms with Gasteiger partial charge in [0, 0.05) is 12.6 Å². The highest BCUT2D eigenvalue weighted by atomic mass is 32.2. The molecule has 0 saturated carbocycles. The molecular formula is C14H18FN3O3S. The van der Waals surface area contributed by atoms with Crippen molar-refractivity contribution in [1.29, 1.82) is 0 Å². The number of methoxy groups -OCH3 is 1. The summed E-state index contributed by atoms with van der Waals surface area (Å²) in [6.07, 6.45) is 0. The number of aromatic nitrogens is 2. The van der Waals surface area contributed by atoms with Crippen molar-refractivity contribution in [1.82, 2.24) is 9.78 Å². The van der Waals surface area contributed by atoms with Gasteiger partial charge >= 0.3 is 0 Å². The maximum atomic E-state index is 13.4. The average Bonchev–Trinajstić information content (AvgIpc) is 2.74. The van der Waals surface area contributed by atoms with Gasteiger partial charge in [0.15, 0.2) is 11.6 Å². The standard InChI is InChI=1S/C14H18FN3O3S/c1-5-18-10(3)14(9(2)16-18)17-22(19,20)11-6-7-12(15)13(8-11)21-4/h6-8,17H,5H2,1-4H3. The minimum absolute atomic E-state index is 0.0752. The molecule has 2 aromatic rings. The molecule has 0 aliphatic carbocycles. The first kappa shape index (κ1) is 16.3. The van der Waals surface area contributed by atoms with Crippen molar-refractivity contribution in [2.75, 3.05) is 11.8 Å². The summed E-state index contributed by atoms with van der Waals surface area (Å²) in [7, 11) is -2.57. The second-order valence-corrected chi connectivity index (χ2v) is 6.45. The van der Waals surface area contributed by atoms with Crippen LogP contribution in [0.1, 0.15) is 18.3 Å². The Morgan fingerprint density at radius 2 is 2.05 bits per heavy atom. The lowest BCUT2D eigenvalue weighted by molar-refractivity contribution is 0.385. The lowest BCUT2D eigenvalue weighted by Gasteiger charge is -2.10. The molecule has 0 amide bonds. The molecule has 0 aliphatic heterocycles. The van der Waals surface area contributed by atoms with E-state index in [0.717, 1.165) is 17.8 Å². The first-order valence-electron chi connectivity index (χ1n) is 6.70. The molecule has 1 aromatic carbocycles. The van der Waals surface area contributed by atoms with Crippen LogP contribution in [0.15, 0.2) is 23.1 Å². The molecule has 1 heterocycles. The number of benzene rings is 1. The van der Waals surface area contributed by atoms with Crippen LogP contribution in [-0.4, -0.2) is 25.3 Å². The van der Waals surface area contributed by atoms with Crippen molar-refractivity contribution in [3.63, 3.8) is 0 Å². The molecule has 2 rings (SSSR count). The fourth-order valence-corrected chi connectivity index (χ4v) is 3.34. The van der Waals surface area contributed by atoms with Crippen molar-refractivity contribution in [2.45, 2.75) is 32.2 Å². The number of hydrogen-bond acceptors (Lipinski definition) is 4. The van der Waals surface area contributed by atoms with Crippen LogP contribution in [0.3, 0.4) is 0 Å². The van der Waals surface area contributed by atoms with Gasteiger partial charge in [-0.3, -0.25) is 9.40 Å². The highest BCUT2D eigenvalue weighted by Gasteiger charge is 2.21. The van der Waals surface area contributed by atoms with Gasteiger partial charge in [0.2, 0.25) is 0 Å². The van der Waals surface area contributed by atoms with E-state index in [-0.39, 0.29) is 10.6 Å². The Kier molecular flexibility index (Phi) is 4.41. The van der Waals surface area contributed by atoms with Gasteiger partial charge in [-0.05, 0) is 32.9 Å². The predicted octanol–water partition coefficient (Wildman–Crippen LogP) is 2.47. The largest absolute Gasteiger partial charge is 0.494 e. The zero-order valence-corrected chi connectivity index (χ0v) is 13.7. The van der Waals surface area contributed by atoms with Gasteiger partial charge in [0.1, 0.15) is 0 Å². The Labute approximate surface area is 129 Å². The van der Waals surface area contributed by atoms with Gasteiger partial charge in [-0.1, -0.05) is 0 Å². The molecule has 22 heavy (non-hydrogen) atoms. The second-order valence-electron chi connectivity index (χ2n) is 4.76. The Hall–Kier alpha value is -2.09. The number of ether oxygens (including phenoxy) is 1. The van der Waals surface area contributed by atoms with Gasteiger partial charge in [0.25, 0.3) is 10.0 Å². The van der Waals surface area contributed by atoms with Crippen molar-refractivity contribution < 1.29 is 17.5 Å². The van der Waals surface area contributed by atoms with Gasteiger partial charge in [0.05, 0.1) is 29.1 Å². The van der Waals surface area contributed by atoms with Crippen LogP contribution in [-0.2, 0) is 16.6 Å². The van der Waals surface area contributed by atoms with E-state index in [2.05, 4.69) is 9.82 Å². The second kappa shape index (κ2) is 5.96. The van der Waals surface area contributed by atoms with Crippen molar-refractivity contribution in [2.24, 2.45) is 0 Å². The first-order valence-corrected chi connectivity index (χ1v) is 8.18. The Bertz CT molecular complexity index is 800. The normalized spacial score (nSPS) is 11.5. The van der Waals surface area contributed by atoms with Crippen LogP contribution in [0.4, 0.5) is 10.1 Å². The molecule has 120 valence electrons. The quantitative estimate of drug-likeness (QED) is 0.915. The molecule has 0 atom stereocenters. The maximum absolute atomic E-state index is 13.4. The maximum Gasteiger partial charge on any atom is 0.262 e. The highest BCUT2D eigenvalue weighted by molar-refractivity contribution is 7.92. The van der Waals surface area contributed by atoms with E-state index in [0.29, 0.717) is 17.9 Å². The summed E-state index contributed by atoms with van der Waals surface area (Å²) >= 11 is 0. The number of sulfonamides is 1. The molecule has 0 fully saturated rings. The van der Waals surface area contributed by atoms with Gasteiger partial charge in [-0.2, -0.15) is 5.10 Å². The van der Waals surface area contributed by atoms with E-state index in [1.807, 2.05) is 6.92 Å². The van der Waals surface area contributed by atoms with Crippen LogP contribution >= 0.6 is 0 Å². The van der Waals surface area contributed by atoms with Gasteiger partial charge in [-0.15, -0.1) is 0 Å². The van der Waals surface area contributed by atoms with Crippen LogP contribution in [0.2, 0.25) is 0 Å². The lowest BCUT2D eigenvalue weighted by Crippen LogP contribution is -2.14. The molecule has 0 bridgehead atoms. The smallest absolute Gasteiger partial charge is 0.262 e. The SMILES string of the molecule is CCn1nc(C)c(NS(=O)(=O)c2ccc(F)c(OC)c2)c1C. The monoisotopic (exact) mass is 327 g/mol. The van der Waals surface area contributed by atoms with E-state index in [1.54, 1.807) is 18.5 Å². The average molecular weight is 327 g/mol. The number of rotatable bonds is 5.